The summed E-state index contributed by atoms with van der Waals surface area (Å²) >= 11 is 0. The van der Waals surface area contributed by atoms with Crippen molar-refractivity contribution in [3.8, 4) is 0 Å². The van der Waals surface area contributed by atoms with Gasteiger partial charge in [0.25, 0.3) is 0 Å². The molecule has 1 unspecified atom stereocenters. The second-order valence-electron chi connectivity index (χ2n) is 1.70. The Hall–Kier alpha value is -0.610. The van der Waals surface area contributed by atoms with Crippen LogP contribution in [0, 0.1) is 0 Å². The maximum atomic E-state index is 10.3. The predicted octanol–water partition coefficient (Wildman–Crippen LogP) is -0.750. The molecule has 1 atom stereocenters. The SMILES string of the molecule is CC(O)CC(=O)OCO. The zero-order valence-electron chi connectivity index (χ0n) is 5.20. The van der Waals surface area contributed by atoms with E-state index in [0.29, 0.717) is 0 Å². The Morgan fingerprint density at radius 2 is 2.33 bits per heavy atom. The van der Waals surface area contributed by atoms with Crippen LogP contribution in [0.1, 0.15) is 13.3 Å². The minimum atomic E-state index is -0.705. The fourth-order valence-electron chi connectivity index (χ4n) is 0.372. The Bertz CT molecular complexity index is 89.0. The molecule has 0 aromatic carbocycles. The van der Waals surface area contributed by atoms with Crippen molar-refractivity contribution >= 4 is 5.97 Å². The highest BCUT2D eigenvalue weighted by Crippen LogP contribution is 1.91. The van der Waals surface area contributed by atoms with Crippen LogP contribution in [-0.4, -0.2) is 29.1 Å². The lowest BCUT2D eigenvalue weighted by atomic mass is 10.3. The molecule has 0 heterocycles. The zero-order valence-corrected chi connectivity index (χ0v) is 5.20. The highest BCUT2D eigenvalue weighted by Gasteiger charge is 2.05. The van der Waals surface area contributed by atoms with Gasteiger partial charge in [0, 0.05) is 0 Å². The molecule has 0 radical (unpaired) electrons. The zero-order chi connectivity index (χ0) is 7.28. The predicted molar refractivity (Wildman–Crippen MR) is 29.5 cm³/mol. The summed E-state index contributed by atoms with van der Waals surface area (Å²) in [6.07, 6.45) is -0.773. The molecule has 0 rings (SSSR count). The highest BCUT2D eigenvalue weighted by molar-refractivity contribution is 5.69. The van der Waals surface area contributed by atoms with Crippen molar-refractivity contribution in [2.45, 2.75) is 19.4 Å². The first-order chi connectivity index (χ1) is 4.16. The third-order valence-corrected chi connectivity index (χ3v) is 0.688. The molecule has 4 heteroatoms. The van der Waals surface area contributed by atoms with Crippen LogP contribution in [0.15, 0.2) is 0 Å². The largest absolute Gasteiger partial charge is 0.439 e. The molecule has 0 saturated carbocycles. The lowest BCUT2D eigenvalue weighted by Crippen LogP contribution is -2.12. The molecule has 0 saturated heterocycles. The van der Waals surface area contributed by atoms with Gasteiger partial charge in [-0.25, -0.2) is 0 Å². The molecule has 0 fully saturated rings. The van der Waals surface area contributed by atoms with Crippen molar-refractivity contribution in [2.75, 3.05) is 6.79 Å². The van der Waals surface area contributed by atoms with E-state index in [4.69, 9.17) is 10.2 Å². The lowest BCUT2D eigenvalue weighted by molar-refractivity contribution is -0.153. The quantitative estimate of drug-likeness (QED) is 0.393. The molecular weight excluding hydrogens is 124 g/mol. The van der Waals surface area contributed by atoms with Crippen LogP contribution in [0.25, 0.3) is 0 Å². The first kappa shape index (κ1) is 8.39. The molecule has 0 aliphatic carbocycles. The monoisotopic (exact) mass is 134 g/mol. The number of hydrogen-bond donors (Lipinski definition) is 2. The smallest absolute Gasteiger partial charge is 0.310 e. The molecule has 0 amide bonds. The molecular formula is C5H10O4. The Morgan fingerprint density at radius 1 is 1.78 bits per heavy atom. The number of hydrogen-bond acceptors (Lipinski definition) is 4. The number of rotatable bonds is 3. The van der Waals surface area contributed by atoms with Gasteiger partial charge in [-0.05, 0) is 6.92 Å². The van der Waals surface area contributed by atoms with Crippen LogP contribution in [0.3, 0.4) is 0 Å². The summed E-state index contributed by atoms with van der Waals surface area (Å²) in [5.74, 6) is -0.590. The van der Waals surface area contributed by atoms with Crippen LogP contribution >= 0.6 is 0 Å². The van der Waals surface area contributed by atoms with Crippen molar-refractivity contribution in [1.29, 1.82) is 0 Å². The van der Waals surface area contributed by atoms with E-state index >= 15 is 0 Å². The molecule has 54 valence electrons. The van der Waals surface area contributed by atoms with E-state index in [2.05, 4.69) is 4.74 Å². The van der Waals surface area contributed by atoms with Crippen LogP contribution in [-0.2, 0) is 9.53 Å². The lowest BCUT2D eigenvalue weighted by Gasteiger charge is -2.01. The number of carbonyl (C=O) groups is 1. The van der Waals surface area contributed by atoms with E-state index in [1.54, 1.807) is 0 Å². The molecule has 2 N–H and O–H groups in total. The van der Waals surface area contributed by atoms with Gasteiger partial charge < -0.3 is 14.9 Å². The number of aliphatic hydroxyl groups excluding tert-OH is 2. The molecule has 9 heavy (non-hydrogen) atoms. The van der Waals surface area contributed by atoms with Crippen molar-refractivity contribution in [1.82, 2.24) is 0 Å². The topological polar surface area (TPSA) is 66.8 Å². The average molecular weight is 134 g/mol. The van der Waals surface area contributed by atoms with E-state index in [9.17, 15) is 4.79 Å². The van der Waals surface area contributed by atoms with E-state index in [0.717, 1.165) is 0 Å². The fraction of sp³-hybridized carbons (Fsp3) is 0.800. The van der Waals surface area contributed by atoms with Gasteiger partial charge in [0.2, 0.25) is 0 Å². The van der Waals surface area contributed by atoms with E-state index < -0.39 is 18.9 Å². The molecule has 0 aliphatic heterocycles. The number of carbonyl (C=O) groups excluding carboxylic acids is 1. The maximum Gasteiger partial charge on any atom is 0.310 e. The van der Waals surface area contributed by atoms with Gasteiger partial charge in [0.15, 0.2) is 6.79 Å². The molecule has 0 spiro atoms. The Balaban J connectivity index is 3.27. The van der Waals surface area contributed by atoms with Gasteiger partial charge >= 0.3 is 5.97 Å². The van der Waals surface area contributed by atoms with Gasteiger partial charge in [0.1, 0.15) is 0 Å². The van der Waals surface area contributed by atoms with Crippen molar-refractivity contribution in [3.05, 3.63) is 0 Å². The first-order valence-electron chi connectivity index (χ1n) is 2.61. The highest BCUT2D eigenvalue weighted by atomic mass is 16.6. The second-order valence-corrected chi connectivity index (χ2v) is 1.70. The van der Waals surface area contributed by atoms with E-state index in [-0.39, 0.29) is 6.42 Å². The van der Waals surface area contributed by atoms with Crippen LogP contribution in [0.4, 0.5) is 0 Å². The molecule has 0 aliphatic rings. The number of esters is 1. The molecule has 0 aromatic rings. The molecule has 0 aromatic heterocycles. The summed E-state index contributed by atoms with van der Waals surface area (Å²) in [6, 6.07) is 0. The van der Waals surface area contributed by atoms with E-state index in [1.165, 1.54) is 6.92 Å². The summed E-state index contributed by atoms with van der Waals surface area (Å²) in [5.41, 5.74) is 0. The standard InChI is InChI=1S/C5H10O4/c1-4(7)2-5(8)9-3-6/h4,6-7H,2-3H2,1H3. The van der Waals surface area contributed by atoms with Gasteiger partial charge in [-0.2, -0.15) is 0 Å². The van der Waals surface area contributed by atoms with Crippen molar-refractivity contribution < 1.29 is 19.7 Å². The Labute approximate surface area is 53.1 Å². The summed E-state index contributed by atoms with van der Waals surface area (Å²) in [7, 11) is 0. The van der Waals surface area contributed by atoms with Crippen LogP contribution in [0.5, 0.6) is 0 Å². The van der Waals surface area contributed by atoms with E-state index in [1.807, 2.05) is 0 Å². The minimum Gasteiger partial charge on any atom is -0.439 e. The van der Waals surface area contributed by atoms with Crippen molar-refractivity contribution in [2.24, 2.45) is 0 Å². The van der Waals surface area contributed by atoms with Gasteiger partial charge in [-0.15, -0.1) is 0 Å². The maximum absolute atomic E-state index is 10.3. The normalized spacial score (nSPS) is 12.8. The second kappa shape index (κ2) is 4.29. The first-order valence-corrected chi connectivity index (χ1v) is 2.61. The number of aliphatic hydroxyl groups is 2. The molecule has 0 bridgehead atoms. The van der Waals surface area contributed by atoms with Crippen molar-refractivity contribution in [3.63, 3.8) is 0 Å². The third kappa shape index (κ3) is 5.26. The summed E-state index contributed by atoms with van der Waals surface area (Å²) in [6.45, 7) is 0.851. The Morgan fingerprint density at radius 3 is 2.67 bits per heavy atom. The summed E-state index contributed by atoms with van der Waals surface area (Å²) in [5, 5.41) is 16.6. The fourth-order valence-corrected chi connectivity index (χ4v) is 0.372. The Kier molecular flexibility index (Phi) is 4.00. The van der Waals surface area contributed by atoms with Gasteiger partial charge in [0.05, 0.1) is 12.5 Å². The summed E-state index contributed by atoms with van der Waals surface area (Å²) < 4.78 is 4.11. The van der Waals surface area contributed by atoms with Gasteiger partial charge in [-0.1, -0.05) is 0 Å². The molecule has 4 nitrogen and oxygen atoms in total. The van der Waals surface area contributed by atoms with Crippen LogP contribution in [0.2, 0.25) is 0 Å². The summed E-state index contributed by atoms with van der Waals surface area (Å²) in [4.78, 5) is 10.3. The average Bonchev–Trinajstić information content (AvgIpc) is 1.63. The third-order valence-electron chi connectivity index (χ3n) is 0.688. The minimum absolute atomic E-state index is 0.0689. The number of ether oxygens (including phenoxy) is 1. The van der Waals surface area contributed by atoms with Gasteiger partial charge in [-0.3, -0.25) is 4.79 Å². The van der Waals surface area contributed by atoms with Crippen LogP contribution < -0.4 is 0 Å².